The molecule has 1 heterocycles. The minimum absolute atomic E-state index is 0.142. The van der Waals surface area contributed by atoms with Crippen LogP contribution in [0.5, 0.6) is 11.5 Å². The number of rotatable bonds is 7. The summed E-state index contributed by atoms with van der Waals surface area (Å²) in [7, 11) is 4.72. The first-order valence-corrected chi connectivity index (χ1v) is 8.97. The van der Waals surface area contributed by atoms with Gasteiger partial charge in [-0.15, -0.1) is 11.8 Å². The number of thioether (sulfide) groups is 1. The summed E-state index contributed by atoms with van der Waals surface area (Å²) < 4.78 is 15.5. The van der Waals surface area contributed by atoms with Crippen LogP contribution in [0.15, 0.2) is 18.2 Å². The molecule has 1 aromatic rings. The highest BCUT2D eigenvalue weighted by Gasteiger charge is 2.41. The van der Waals surface area contributed by atoms with Crippen molar-refractivity contribution < 1.29 is 23.8 Å². The first-order chi connectivity index (χ1) is 12.0. The van der Waals surface area contributed by atoms with E-state index in [1.54, 1.807) is 44.1 Å². The van der Waals surface area contributed by atoms with Gasteiger partial charge in [0.15, 0.2) is 11.5 Å². The van der Waals surface area contributed by atoms with Crippen LogP contribution < -0.4 is 14.8 Å². The summed E-state index contributed by atoms with van der Waals surface area (Å²) in [6, 6.07) is 5.04. The van der Waals surface area contributed by atoms with Gasteiger partial charge in [-0.05, 0) is 17.7 Å². The molecule has 0 saturated carbocycles. The van der Waals surface area contributed by atoms with Crippen molar-refractivity contribution in [2.45, 2.75) is 18.3 Å². The molecule has 8 heteroatoms. The van der Waals surface area contributed by atoms with E-state index in [-0.39, 0.29) is 17.2 Å². The van der Waals surface area contributed by atoms with E-state index in [1.165, 1.54) is 6.92 Å². The van der Waals surface area contributed by atoms with E-state index in [0.717, 1.165) is 5.56 Å². The summed E-state index contributed by atoms with van der Waals surface area (Å²) >= 11 is 1.56. The van der Waals surface area contributed by atoms with Gasteiger partial charge in [-0.25, -0.2) is 0 Å². The lowest BCUT2D eigenvalue weighted by Crippen LogP contribution is -2.47. The van der Waals surface area contributed by atoms with Crippen molar-refractivity contribution in [1.29, 1.82) is 0 Å². The van der Waals surface area contributed by atoms with Crippen molar-refractivity contribution in [2.75, 3.05) is 40.2 Å². The van der Waals surface area contributed by atoms with Crippen molar-refractivity contribution in [3.63, 3.8) is 0 Å². The highest BCUT2D eigenvalue weighted by molar-refractivity contribution is 7.99. The fraction of sp³-hybridized carbons (Fsp3) is 0.529. The summed E-state index contributed by atoms with van der Waals surface area (Å²) in [6.45, 7) is 2.34. The molecule has 0 unspecified atom stereocenters. The zero-order valence-electron chi connectivity index (χ0n) is 14.9. The summed E-state index contributed by atoms with van der Waals surface area (Å²) in [5, 5.41) is 2.57. The molecule has 2 rings (SSSR count). The van der Waals surface area contributed by atoms with Gasteiger partial charge in [0.05, 0.1) is 20.8 Å². The molecule has 0 aromatic heterocycles. The van der Waals surface area contributed by atoms with Gasteiger partial charge in [-0.1, -0.05) is 6.07 Å². The Morgan fingerprint density at radius 3 is 2.56 bits per heavy atom. The maximum absolute atomic E-state index is 12.4. The maximum Gasteiger partial charge on any atom is 0.243 e. The molecular weight excluding hydrogens is 344 g/mol. The Labute approximate surface area is 152 Å². The summed E-state index contributed by atoms with van der Waals surface area (Å²) in [6.07, 6.45) is 0. The molecule has 0 spiro atoms. The second-order valence-corrected chi connectivity index (χ2v) is 6.64. The molecule has 1 aliphatic rings. The number of hydrogen-bond acceptors (Lipinski definition) is 6. The first kappa shape index (κ1) is 19.4. The molecule has 7 nitrogen and oxygen atoms in total. The van der Waals surface area contributed by atoms with Crippen LogP contribution in [-0.2, 0) is 14.3 Å². The second-order valence-electron chi connectivity index (χ2n) is 5.53. The average Bonchev–Trinajstić information content (AvgIpc) is 3.06. The molecule has 0 aliphatic carbocycles. The molecular formula is C17H24N2O5S. The van der Waals surface area contributed by atoms with Crippen LogP contribution in [0.1, 0.15) is 17.9 Å². The van der Waals surface area contributed by atoms with Gasteiger partial charge in [0.25, 0.3) is 0 Å². The maximum atomic E-state index is 12.4. The minimum Gasteiger partial charge on any atom is -0.493 e. The van der Waals surface area contributed by atoms with Gasteiger partial charge in [-0.2, -0.15) is 0 Å². The van der Waals surface area contributed by atoms with Crippen LogP contribution in [0.25, 0.3) is 0 Å². The third-order valence-electron chi connectivity index (χ3n) is 3.96. The average molecular weight is 368 g/mol. The lowest BCUT2D eigenvalue weighted by atomic mass is 10.1. The van der Waals surface area contributed by atoms with E-state index in [0.29, 0.717) is 30.4 Å². The molecule has 2 atom stereocenters. The third-order valence-corrected chi connectivity index (χ3v) is 5.29. The first-order valence-electron chi connectivity index (χ1n) is 7.92. The number of ether oxygens (including phenoxy) is 3. The summed E-state index contributed by atoms with van der Waals surface area (Å²) in [5.41, 5.74) is 0.894. The molecule has 1 aromatic carbocycles. The van der Waals surface area contributed by atoms with Gasteiger partial charge in [0, 0.05) is 26.3 Å². The van der Waals surface area contributed by atoms with Crippen LogP contribution in [0.3, 0.4) is 0 Å². The number of benzene rings is 1. The Morgan fingerprint density at radius 1 is 1.24 bits per heavy atom. The highest BCUT2D eigenvalue weighted by atomic mass is 32.2. The monoisotopic (exact) mass is 368 g/mol. The standard InChI is InChI=1S/C17H24N2O5S/c1-11(20)19-13(16(21)18-7-8-22-2)10-25-17(19)12-5-6-14(23-3)15(9-12)24-4/h5-6,9,13,17H,7-8,10H2,1-4H3,(H,18,21)/t13-,17-/m1/s1. The Hall–Kier alpha value is -1.93. The van der Waals surface area contributed by atoms with E-state index in [9.17, 15) is 9.59 Å². The Bertz CT molecular complexity index is 625. The molecule has 1 saturated heterocycles. The van der Waals surface area contributed by atoms with Gasteiger partial charge in [-0.3, -0.25) is 9.59 Å². The number of nitrogens with one attached hydrogen (secondary N) is 1. The predicted molar refractivity (Wildman–Crippen MR) is 95.9 cm³/mol. The topological polar surface area (TPSA) is 77.1 Å². The molecule has 0 bridgehead atoms. The number of amides is 2. The van der Waals surface area contributed by atoms with Crippen LogP contribution >= 0.6 is 11.8 Å². The highest BCUT2D eigenvalue weighted by Crippen LogP contribution is 2.43. The zero-order chi connectivity index (χ0) is 18.4. The van der Waals surface area contributed by atoms with Gasteiger partial charge in [0.1, 0.15) is 11.4 Å². The molecule has 1 aliphatic heterocycles. The normalized spacial score (nSPS) is 19.6. The van der Waals surface area contributed by atoms with Crippen molar-refractivity contribution >= 4 is 23.6 Å². The number of carbonyl (C=O) groups excluding carboxylic acids is 2. The van der Waals surface area contributed by atoms with Gasteiger partial charge >= 0.3 is 0 Å². The van der Waals surface area contributed by atoms with E-state index < -0.39 is 6.04 Å². The smallest absolute Gasteiger partial charge is 0.243 e. The lowest BCUT2D eigenvalue weighted by Gasteiger charge is -2.28. The van der Waals surface area contributed by atoms with Gasteiger partial charge in [0.2, 0.25) is 11.8 Å². The predicted octanol–water partition coefficient (Wildman–Crippen LogP) is 1.43. The Balaban J connectivity index is 2.21. The minimum atomic E-state index is -0.502. The molecule has 1 fully saturated rings. The fourth-order valence-electron chi connectivity index (χ4n) is 2.75. The lowest BCUT2D eigenvalue weighted by molar-refractivity contribution is -0.138. The van der Waals surface area contributed by atoms with E-state index in [2.05, 4.69) is 5.32 Å². The number of carbonyl (C=O) groups is 2. The molecule has 25 heavy (non-hydrogen) atoms. The largest absolute Gasteiger partial charge is 0.493 e. The van der Waals surface area contributed by atoms with E-state index in [1.807, 2.05) is 12.1 Å². The number of nitrogens with zero attached hydrogens (tertiary/aromatic N) is 1. The number of hydrogen-bond donors (Lipinski definition) is 1. The van der Waals surface area contributed by atoms with Crippen LogP contribution in [-0.4, -0.2) is 63.0 Å². The molecule has 138 valence electrons. The SMILES string of the molecule is COCCNC(=O)[C@H]1CS[C@H](c2ccc(OC)c(OC)c2)N1C(C)=O. The Morgan fingerprint density at radius 2 is 1.96 bits per heavy atom. The van der Waals surface area contributed by atoms with Crippen LogP contribution in [0, 0.1) is 0 Å². The fourth-order valence-corrected chi connectivity index (χ4v) is 4.22. The van der Waals surface area contributed by atoms with Crippen molar-refractivity contribution in [2.24, 2.45) is 0 Å². The van der Waals surface area contributed by atoms with Crippen molar-refractivity contribution in [3.8, 4) is 11.5 Å². The van der Waals surface area contributed by atoms with Crippen molar-refractivity contribution in [3.05, 3.63) is 23.8 Å². The molecule has 1 N–H and O–H groups in total. The molecule has 0 radical (unpaired) electrons. The third kappa shape index (κ3) is 4.38. The molecule has 2 amide bonds. The number of methoxy groups -OCH3 is 3. The second kappa shape index (κ2) is 8.96. The summed E-state index contributed by atoms with van der Waals surface area (Å²) in [4.78, 5) is 26.2. The summed E-state index contributed by atoms with van der Waals surface area (Å²) in [5.74, 6) is 1.45. The van der Waals surface area contributed by atoms with Crippen LogP contribution in [0.4, 0.5) is 0 Å². The van der Waals surface area contributed by atoms with Crippen molar-refractivity contribution in [1.82, 2.24) is 10.2 Å². The Kier molecular flexibility index (Phi) is 6.95. The van der Waals surface area contributed by atoms with E-state index in [4.69, 9.17) is 14.2 Å². The zero-order valence-corrected chi connectivity index (χ0v) is 15.7. The van der Waals surface area contributed by atoms with E-state index >= 15 is 0 Å². The van der Waals surface area contributed by atoms with Crippen LogP contribution in [0.2, 0.25) is 0 Å². The van der Waals surface area contributed by atoms with Gasteiger partial charge < -0.3 is 24.4 Å². The quantitative estimate of drug-likeness (QED) is 0.734.